The first-order valence-electron chi connectivity index (χ1n) is 5.75. The minimum absolute atomic E-state index is 0.324. The van der Waals surface area contributed by atoms with Crippen molar-refractivity contribution in [2.75, 3.05) is 7.05 Å². The van der Waals surface area contributed by atoms with Gasteiger partial charge in [-0.25, -0.2) is 0 Å². The number of pyridine rings is 1. The molecule has 0 aliphatic heterocycles. The molecule has 2 heteroatoms. The Morgan fingerprint density at radius 2 is 1.81 bits per heavy atom. The SMILES string of the molecule is CNC(c1ccc2ccccc2n1)C(C)C. The van der Waals surface area contributed by atoms with E-state index in [1.807, 2.05) is 19.2 Å². The van der Waals surface area contributed by atoms with Crippen molar-refractivity contribution in [2.45, 2.75) is 19.9 Å². The molecule has 1 atom stereocenters. The number of nitrogens with zero attached hydrogens (tertiary/aromatic N) is 1. The molecule has 1 aromatic heterocycles. The van der Waals surface area contributed by atoms with E-state index >= 15 is 0 Å². The number of para-hydroxylation sites is 1. The van der Waals surface area contributed by atoms with Crippen LogP contribution in [0.15, 0.2) is 36.4 Å². The van der Waals surface area contributed by atoms with Gasteiger partial charge in [0, 0.05) is 5.39 Å². The fourth-order valence-corrected chi connectivity index (χ4v) is 2.08. The zero-order valence-corrected chi connectivity index (χ0v) is 10.1. The zero-order valence-electron chi connectivity index (χ0n) is 10.1. The molecule has 2 aromatic rings. The fourth-order valence-electron chi connectivity index (χ4n) is 2.08. The quantitative estimate of drug-likeness (QED) is 0.849. The Morgan fingerprint density at radius 3 is 2.50 bits per heavy atom. The summed E-state index contributed by atoms with van der Waals surface area (Å²) in [5.41, 5.74) is 2.19. The van der Waals surface area contributed by atoms with Crippen molar-refractivity contribution in [1.29, 1.82) is 0 Å². The van der Waals surface area contributed by atoms with Gasteiger partial charge in [0.2, 0.25) is 0 Å². The summed E-state index contributed by atoms with van der Waals surface area (Å²) >= 11 is 0. The third-order valence-electron chi connectivity index (χ3n) is 2.92. The molecule has 1 aromatic carbocycles. The van der Waals surface area contributed by atoms with E-state index in [1.165, 1.54) is 5.39 Å². The van der Waals surface area contributed by atoms with Crippen LogP contribution in [-0.2, 0) is 0 Å². The Hall–Kier alpha value is -1.41. The molecule has 0 fully saturated rings. The first-order chi connectivity index (χ1) is 7.72. The molecular formula is C14H18N2. The molecule has 0 bridgehead atoms. The molecule has 0 spiro atoms. The zero-order chi connectivity index (χ0) is 11.5. The second kappa shape index (κ2) is 4.62. The summed E-state index contributed by atoms with van der Waals surface area (Å²) in [6, 6.07) is 12.8. The van der Waals surface area contributed by atoms with Gasteiger partial charge in [0.25, 0.3) is 0 Å². The monoisotopic (exact) mass is 214 g/mol. The lowest BCUT2D eigenvalue weighted by Gasteiger charge is -2.19. The van der Waals surface area contributed by atoms with Gasteiger partial charge in [-0.3, -0.25) is 4.98 Å². The van der Waals surface area contributed by atoms with Gasteiger partial charge >= 0.3 is 0 Å². The molecule has 0 saturated carbocycles. The van der Waals surface area contributed by atoms with E-state index in [1.54, 1.807) is 0 Å². The standard InChI is InChI=1S/C14H18N2/c1-10(2)14(15-3)13-9-8-11-6-4-5-7-12(11)16-13/h4-10,14-15H,1-3H3. The molecule has 2 nitrogen and oxygen atoms in total. The lowest BCUT2D eigenvalue weighted by atomic mass is 10.00. The topological polar surface area (TPSA) is 24.9 Å². The summed E-state index contributed by atoms with van der Waals surface area (Å²) in [7, 11) is 1.99. The number of nitrogens with one attached hydrogen (secondary N) is 1. The van der Waals surface area contributed by atoms with Gasteiger partial charge in [-0.05, 0) is 25.1 Å². The highest BCUT2D eigenvalue weighted by Crippen LogP contribution is 2.21. The lowest BCUT2D eigenvalue weighted by Crippen LogP contribution is -2.22. The molecule has 0 saturated heterocycles. The first kappa shape index (κ1) is 11.1. The van der Waals surface area contributed by atoms with Crippen LogP contribution in [0.5, 0.6) is 0 Å². The van der Waals surface area contributed by atoms with Gasteiger partial charge in [-0.1, -0.05) is 38.1 Å². The van der Waals surface area contributed by atoms with Gasteiger partial charge in [0.15, 0.2) is 0 Å². The van der Waals surface area contributed by atoms with Crippen LogP contribution in [0, 0.1) is 5.92 Å². The van der Waals surface area contributed by atoms with Crippen LogP contribution < -0.4 is 5.32 Å². The van der Waals surface area contributed by atoms with Gasteiger partial charge in [-0.15, -0.1) is 0 Å². The molecule has 1 unspecified atom stereocenters. The Balaban J connectivity index is 2.45. The number of hydrogen-bond acceptors (Lipinski definition) is 2. The predicted octanol–water partition coefficient (Wildman–Crippen LogP) is 3.15. The van der Waals surface area contributed by atoms with E-state index in [9.17, 15) is 0 Å². The number of benzene rings is 1. The minimum atomic E-state index is 0.324. The summed E-state index contributed by atoms with van der Waals surface area (Å²) in [5.74, 6) is 0.540. The first-order valence-corrected chi connectivity index (χ1v) is 5.75. The molecule has 1 heterocycles. The van der Waals surface area contributed by atoms with E-state index in [-0.39, 0.29) is 0 Å². The molecule has 0 radical (unpaired) electrons. The van der Waals surface area contributed by atoms with Crippen LogP contribution in [0.25, 0.3) is 10.9 Å². The van der Waals surface area contributed by atoms with Crippen LogP contribution in [0.4, 0.5) is 0 Å². The second-order valence-electron chi connectivity index (χ2n) is 4.44. The van der Waals surface area contributed by atoms with Crippen LogP contribution in [0.1, 0.15) is 25.6 Å². The number of fused-ring (bicyclic) bond motifs is 1. The molecule has 0 aliphatic carbocycles. The number of rotatable bonds is 3. The van der Waals surface area contributed by atoms with Crippen molar-refractivity contribution >= 4 is 10.9 Å². The van der Waals surface area contributed by atoms with E-state index in [0.717, 1.165) is 11.2 Å². The predicted molar refractivity (Wildman–Crippen MR) is 68.4 cm³/mol. The molecule has 0 aliphatic rings. The summed E-state index contributed by atoms with van der Waals surface area (Å²) in [5, 5.41) is 4.52. The maximum Gasteiger partial charge on any atom is 0.0706 e. The van der Waals surface area contributed by atoms with Crippen LogP contribution in [0.3, 0.4) is 0 Å². The number of aromatic nitrogens is 1. The molecular weight excluding hydrogens is 196 g/mol. The van der Waals surface area contributed by atoms with Gasteiger partial charge in [-0.2, -0.15) is 0 Å². The van der Waals surface area contributed by atoms with E-state index in [2.05, 4.69) is 43.4 Å². The Kier molecular flexibility index (Phi) is 3.20. The van der Waals surface area contributed by atoms with Crippen molar-refractivity contribution in [2.24, 2.45) is 5.92 Å². The summed E-state index contributed by atoms with van der Waals surface area (Å²) in [4.78, 5) is 4.71. The van der Waals surface area contributed by atoms with Crippen molar-refractivity contribution in [3.05, 3.63) is 42.1 Å². The van der Waals surface area contributed by atoms with Crippen molar-refractivity contribution in [3.8, 4) is 0 Å². The Morgan fingerprint density at radius 1 is 1.06 bits per heavy atom. The van der Waals surface area contributed by atoms with Crippen molar-refractivity contribution < 1.29 is 0 Å². The highest BCUT2D eigenvalue weighted by atomic mass is 14.9. The highest BCUT2D eigenvalue weighted by molar-refractivity contribution is 5.78. The Labute approximate surface area is 96.7 Å². The normalized spacial score (nSPS) is 13.2. The maximum absolute atomic E-state index is 4.71. The van der Waals surface area contributed by atoms with E-state index < -0.39 is 0 Å². The third-order valence-corrected chi connectivity index (χ3v) is 2.92. The average molecular weight is 214 g/mol. The van der Waals surface area contributed by atoms with Crippen molar-refractivity contribution in [3.63, 3.8) is 0 Å². The lowest BCUT2D eigenvalue weighted by molar-refractivity contribution is 0.434. The second-order valence-corrected chi connectivity index (χ2v) is 4.44. The van der Waals surface area contributed by atoms with Crippen LogP contribution >= 0.6 is 0 Å². The third kappa shape index (κ3) is 2.07. The molecule has 2 rings (SSSR count). The summed E-state index contributed by atoms with van der Waals surface area (Å²) < 4.78 is 0. The molecule has 0 amide bonds. The fraction of sp³-hybridized carbons (Fsp3) is 0.357. The van der Waals surface area contributed by atoms with Gasteiger partial charge in [0.1, 0.15) is 0 Å². The number of hydrogen-bond donors (Lipinski definition) is 1. The highest BCUT2D eigenvalue weighted by Gasteiger charge is 2.14. The molecule has 16 heavy (non-hydrogen) atoms. The molecule has 84 valence electrons. The Bertz CT molecular complexity index is 477. The minimum Gasteiger partial charge on any atom is -0.311 e. The van der Waals surface area contributed by atoms with Gasteiger partial charge < -0.3 is 5.32 Å². The largest absolute Gasteiger partial charge is 0.311 e. The van der Waals surface area contributed by atoms with Crippen LogP contribution in [-0.4, -0.2) is 12.0 Å². The molecule has 1 N–H and O–H groups in total. The van der Waals surface area contributed by atoms with E-state index in [4.69, 9.17) is 4.98 Å². The van der Waals surface area contributed by atoms with Gasteiger partial charge in [0.05, 0.1) is 17.3 Å². The smallest absolute Gasteiger partial charge is 0.0706 e. The average Bonchev–Trinajstić information content (AvgIpc) is 2.29. The van der Waals surface area contributed by atoms with E-state index in [0.29, 0.717) is 12.0 Å². The summed E-state index contributed by atoms with van der Waals surface area (Å²) in [6.07, 6.45) is 0. The van der Waals surface area contributed by atoms with Crippen molar-refractivity contribution in [1.82, 2.24) is 10.3 Å². The summed E-state index contributed by atoms with van der Waals surface area (Å²) in [6.45, 7) is 4.41. The van der Waals surface area contributed by atoms with Crippen LogP contribution in [0.2, 0.25) is 0 Å². The maximum atomic E-state index is 4.71.